The second-order valence-electron chi connectivity index (χ2n) is 3.92. The van der Waals surface area contributed by atoms with Crippen molar-refractivity contribution in [3.05, 3.63) is 0 Å². The monoisotopic (exact) mass is 236 g/mol. The molecule has 0 unspecified atom stereocenters. The molecule has 1 aliphatic rings. The van der Waals surface area contributed by atoms with Crippen molar-refractivity contribution in [1.82, 2.24) is 9.57 Å². The van der Waals surface area contributed by atoms with E-state index >= 15 is 0 Å². The fourth-order valence-corrected chi connectivity index (χ4v) is 3.06. The topological polar surface area (TPSA) is 42.0 Å². The highest BCUT2D eigenvalue weighted by atomic mass is 31.2. The summed E-state index contributed by atoms with van der Waals surface area (Å²) in [6.07, 6.45) is 0. The Bertz CT molecular complexity index is 232. The maximum Gasteiger partial charge on any atom is 0.407 e. The lowest BCUT2D eigenvalue weighted by Crippen LogP contribution is -2.47. The zero-order valence-corrected chi connectivity index (χ0v) is 10.9. The van der Waals surface area contributed by atoms with Crippen LogP contribution in [-0.4, -0.2) is 56.0 Å². The number of piperazine rings is 1. The second-order valence-corrected chi connectivity index (χ2v) is 6.15. The van der Waals surface area contributed by atoms with Crippen LogP contribution in [0.15, 0.2) is 0 Å². The highest BCUT2D eigenvalue weighted by molar-refractivity contribution is 7.51. The maximum absolute atomic E-state index is 12.0. The first-order chi connectivity index (χ1) is 7.03. The summed E-state index contributed by atoms with van der Waals surface area (Å²) in [5.74, 6) is 0. The van der Waals surface area contributed by atoms with Gasteiger partial charge in [0.25, 0.3) is 0 Å². The first-order valence-electron chi connectivity index (χ1n) is 5.24. The van der Waals surface area contributed by atoms with E-state index in [0.717, 1.165) is 26.2 Å². The largest absolute Gasteiger partial charge is 0.407 e. The van der Waals surface area contributed by atoms with Gasteiger partial charge in [0, 0.05) is 46.4 Å². The van der Waals surface area contributed by atoms with E-state index in [-0.39, 0.29) is 0 Å². The van der Waals surface area contributed by atoms with Crippen LogP contribution in [0.25, 0.3) is 0 Å². The average molecular weight is 236 g/mol. The molecule has 1 heterocycles. The summed E-state index contributed by atoms with van der Waals surface area (Å²) in [6, 6.07) is 0.539. The van der Waals surface area contributed by atoms with Crippen molar-refractivity contribution in [3.8, 4) is 0 Å². The Hall–Kier alpha value is 0.0700. The Morgan fingerprint density at radius 3 is 1.87 bits per heavy atom. The summed E-state index contributed by atoms with van der Waals surface area (Å²) in [4.78, 5) is 2.35. The Labute approximate surface area is 91.9 Å². The van der Waals surface area contributed by atoms with Gasteiger partial charge in [-0.1, -0.05) is 0 Å². The van der Waals surface area contributed by atoms with Gasteiger partial charge in [-0.3, -0.25) is 13.9 Å². The van der Waals surface area contributed by atoms with Crippen LogP contribution < -0.4 is 0 Å². The van der Waals surface area contributed by atoms with Crippen LogP contribution in [0.4, 0.5) is 0 Å². The van der Waals surface area contributed by atoms with Gasteiger partial charge < -0.3 is 0 Å². The van der Waals surface area contributed by atoms with Crippen LogP contribution in [-0.2, 0) is 13.6 Å². The van der Waals surface area contributed by atoms with Gasteiger partial charge in [0.1, 0.15) is 0 Å². The minimum absolute atomic E-state index is 0.539. The summed E-state index contributed by atoms with van der Waals surface area (Å²) in [7, 11) is -0.147. The van der Waals surface area contributed by atoms with E-state index in [9.17, 15) is 4.57 Å². The molecule has 90 valence electrons. The molecule has 1 fully saturated rings. The molecule has 0 aliphatic carbocycles. The van der Waals surface area contributed by atoms with Crippen LogP contribution in [0.3, 0.4) is 0 Å². The van der Waals surface area contributed by atoms with Gasteiger partial charge >= 0.3 is 7.75 Å². The molecule has 0 aromatic carbocycles. The Morgan fingerprint density at radius 2 is 1.53 bits per heavy atom. The molecule has 15 heavy (non-hydrogen) atoms. The number of nitrogens with zero attached hydrogens (tertiary/aromatic N) is 2. The van der Waals surface area contributed by atoms with E-state index in [1.54, 1.807) is 4.67 Å². The molecule has 1 aliphatic heterocycles. The lowest BCUT2D eigenvalue weighted by molar-refractivity contribution is 0.122. The third-order valence-electron chi connectivity index (χ3n) is 2.83. The summed E-state index contributed by atoms with van der Waals surface area (Å²) in [6.45, 7) is 7.63. The quantitative estimate of drug-likeness (QED) is 0.690. The standard InChI is InChI=1S/C9H21N2O3P/c1-9(2)10-5-7-11(8-6-10)15(12,13-3)14-4/h9H,5-8H2,1-4H3. The third kappa shape index (κ3) is 3.02. The maximum atomic E-state index is 12.0. The smallest absolute Gasteiger partial charge is 0.300 e. The Balaban J connectivity index is 2.53. The molecule has 0 saturated carbocycles. The summed E-state index contributed by atoms with van der Waals surface area (Å²) in [5, 5.41) is 0. The van der Waals surface area contributed by atoms with Crippen molar-refractivity contribution in [2.75, 3.05) is 40.4 Å². The minimum atomic E-state index is -3.01. The van der Waals surface area contributed by atoms with Crippen LogP contribution >= 0.6 is 7.75 Å². The molecule has 0 bridgehead atoms. The average Bonchev–Trinajstić information content (AvgIpc) is 2.28. The van der Waals surface area contributed by atoms with Crippen LogP contribution in [0, 0.1) is 0 Å². The fourth-order valence-electron chi connectivity index (χ4n) is 1.78. The highest BCUT2D eigenvalue weighted by Gasteiger charge is 2.34. The first-order valence-corrected chi connectivity index (χ1v) is 6.74. The van der Waals surface area contributed by atoms with Crippen LogP contribution in [0.1, 0.15) is 13.8 Å². The molecule has 0 spiro atoms. The first kappa shape index (κ1) is 13.1. The normalized spacial score (nSPS) is 21.1. The van der Waals surface area contributed by atoms with Crippen molar-refractivity contribution < 1.29 is 13.6 Å². The summed E-state index contributed by atoms with van der Waals surface area (Å²) < 4.78 is 23.8. The van der Waals surface area contributed by atoms with Crippen LogP contribution in [0.5, 0.6) is 0 Å². The molecular weight excluding hydrogens is 215 g/mol. The van der Waals surface area contributed by atoms with Gasteiger partial charge in [-0.25, -0.2) is 9.24 Å². The third-order valence-corrected chi connectivity index (χ3v) is 4.84. The SMILES string of the molecule is COP(=O)(OC)N1CCN(C(C)C)CC1. The van der Waals surface area contributed by atoms with Crippen LogP contribution in [0.2, 0.25) is 0 Å². The van der Waals surface area contributed by atoms with Crippen molar-refractivity contribution in [3.63, 3.8) is 0 Å². The molecule has 0 N–H and O–H groups in total. The highest BCUT2D eigenvalue weighted by Crippen LogP contribution is 2.50. The predicted molar refractivity (Wildman–Crippen MR) is 59.9 cm³/mol. The summed E-state index contributed by atoms with van der Waals surface area (Å²) in [5.41, 5.74) is 0. The number of hydrogen-bond donors (Lipinski definition) is 0. The molecular formula is C9H21N2O3P. The van der Waals surface area contributed by atoms with Gasteiger partial charge in [0.2, 0.25) is 0 Å². The lowest BCUT2D eigenvalue weighted by Gasteiger charge is -2.38. The molecule has 1 rings (SSSR count). The van der Waals surface area contributed by atoms with Crippen molar-refractivity contribution >= 4 is 7.75 Å². The van der Waals surface area contributed by atoms with E-state index in [1.165, 1.54) is 14.2 Å². The molecule has 0 amide bonds. The fraction of sp³-hybridized carbons (Fsp3) is 1.00. The predicted octanol–water partition coefficient (Wildman–Crippen LogP) is 1.41. The van der Waals surface area contributed by atoms with Crippen molar-refractivity contribution in [1.29, 1.82) is 0 Å². The molecule has 1 saturated heterocycles. The van der Waals surface area contributed by atoms with E-state index < -0.39 is 7.75 Å². The molecule has 0 radical (unpaired) electrons. The van der Waals surface area contributed by atoms with Gasteiger partial charge in [-0.05, 0) is 13.8 Å². The van der Waals surface area contributed by atoms with E-state index in [4.69, 9.17) is 9.05 Å². The minimum Gasteiger partial charge on any atom is -0.300 e. The number of hydrogen-bond acceptors (Lipinski definition) is 4. The zero-order valence-electron chi connectivity index (χ0n) is 9.97. The Kier molecular flexibility index (Phi) is 4.74. The van der Waals surface area contributed by atoms with Gasteiger partial charge in [0.15, 0.2) is 0 Å². The second kappa shape index (κ2) is 5.41. The van der Waals surface area contributed by atoms with E-state index in [2.05, 4.69) is 18.7 Å². The van der Waals surface area contributed by atoms with Crippen molar-refractivity contribution in [2.45, 2.75) is 19.9 Å². The van der Waals surface area contributed by atoms with Crippen molar-refractivity contribution in [2.24, 2.45) is 0 Å². The molecule has 6 heteroatoms. The van der Waals surface area contributed by atoms with E-state index in [0.29, 0.717) is 6.04 Å². The molecule has 0 atom stereocenters. The molecule has 0 aromatic heterocycles. The van der Waals surface area contributed by atoms with Gasteiger partial charge in [-0.15, -0.1) is 0 Å². The number of rotatable bonds is 4. The summed E-state index contributed by atoms with van der Waals surface area (Å²) >= 11 is 0. The Morgan fingerprint density at radius 1 is 1.07 bits per heavy atom. The zero-order chi connectivity index (χ0) is 11.5. The lowest BCUT2D eigenvalue weighted by atomic mass is 10.3. The van der Waals surface area contributed by atoms with Gasteiger partial charge in [0.05, 0.1) is 0 Å². The molecule has 0 aromatic rings. The van der Waals surface area contributed by atoms with Gasteiger partial charge in [-0.2, -0.15) is 0 Å². The molecule has 5 nitrogen and oxygen atoms in total. The van der Waals surface area contributed by atoms with E-state index in [1.807, 2.05) is 0 Å².